The molecule has 20 heavy (non-hydrogen) atoms. The first-order chi connectivity index (χ1) is 9.29. The van der Waals surface area contributed by atoms with Gasteiger partial charge in [-0.2, -0.15) is 0 Å². The van der Waals surface area contributed by atoms with Crippen molar-refractivity contribution in [3.05, 3.63) is 46.8 Å². The minimum atomic E-state index is -1.67. The lowest BCUT2D eigenvalue weighted by Gasteiger charge is -2.15. The van der Waals surface area contributed by atoms with E-state index in [1.807, 2.05) is 0 Å². The van der Waals surface area contributed by atoms with Crippen molar-refractivity contribution < 1.29 is 8.85 Å². The fraction of sp³-hybridized carbons (Fsp3) is 0.375. The van der Waals surface area contributed by atoms with Crippen molar-refractivity contribution in [2.24, 2.45) is 0 Å². The number of rotatable bonds is 6. The summed E-state index contributed by atoms with van der Waals surface area (Å²) in [7, 11) is 0.233. The summed E-state index contributed by atoms with van der Waals surface area (Å²) in [5.74, 6) is 0. The number of hydrogen-bond acceptors (Lipinski definition) is 2. The Morgan fingerprint density at radius 2 is 1.10 bits per heavy atom. The third-order valence-electron chi connectivity index (χ3n) is 3.38. The number of benzene rings is 1. The molecule has 1 aromatic carbocycles. The molecular weight excluding hydrogens is 280 g/mol. The summed E-state index contributed by atoms with van der Waals surface area (Å²) in [6.45, 7) is 8.73. The summed E-state index contributed by atoms with van der Waals surface area (Å²) in [5, 5.41) is 0. The van der Waals surface area contributed by atoms with E-state index in [-0.39, 0.29) is 0 Å². The second kappa shape index (κ2) is 7.17. The Morgan fingerprint density at radius 1 is 0.750 bits per heavy atom. The molecule has 0 fully saturated rings. The first kappa shape index (κ1) is 17.1. The standard InChI is InChI=1S/C16H26O2Si2/c1-17-19(3,4)13-11-15-9-7-8-10-16(15)12-14-20(5,6)18-2/h7-14H,1-6H3. The largest absolute Gasteiger partial charge is 0.417 e. The van der Waals surface area contributed by atoms with Crippen molar-refractivity contribution in [1.82, 2.24) is 0 Å². The molecule has 0 unspecified atom stereocenters. The maximum Gasteiger partial charge on any atom is 0.210 e. The van der Waals surface area contributed by atoms with Crippen molar-refractivity contribution in [2.75, 3.05) is 14.2 Å². The van der Waals surface area contributed by atoms with E-state index in [0.29, 0.717) is 0 Å². The first-order valence-electron chi connectivity index (χ1n) is 6.87. The van der Waals surface area contributed by atoms with Gasteiger partial charge in [-0.25, -0.2) is 0 Å². The fourth-order valence-electron chi connectivity index (χ4n) is 1.53. The Balaban J connectivity index is 3.01. The van der Waals surface area contributed by atoms with Crippen molar-refractivity contribution in [1.29, 1.82) is 0 Å². The average Bonchev–Trinajstić information content (AvgIpc) is 2.44. The molecule has 0 atom stereocenters. The maximum absolute atomic E-state index is 5.55. The lowest BCUT2D eigenvalue weighted by atomic mass is 10.1. The Bertz CT molecular complexity index is 446. The van der Waals surface area contributed by atoms with Crippen LogP contribution in [0.25, 0.3) is 12.2 Å². The molecule has 4 heteroatoms. The molecule has 0 saturated heterocycles. The monoisotopic (exact) mass is 306 g/mol. The molecule has 0 saturated carbocycles. The van der Waals surface area contributed by atoms with E-state index in [4.69, 9.17) is 8.85 Å². The van der Waals surface area contributed by atoms with E-state index in [1.54, 1.807) is 14.2 Å². The van der Waals surface area contributed by atoms with Gasteiger partial charge in [-0.05, 0) is 37.3 Å². The van der Waals surface area contributed by atoms with Gasteiger partial charge in [-0.1, -0.05) is 47.8 Å². The van der Waals surface area contributed by atoms with Crippen LogP contribution < -0.4 is 0 Å². The van der Waals surface area contributed by atoms with Crippen LogP contribution in [0.1, 0.15) is 11.1 Å². The van der Waals surface area contributed by atoms with Crippen LogP contribution in [0, 0.1) is 0 Å². The lowest BCUT2D eigenvalue weighted by molar-refractivity contribution is 0.415. The van der Waals surface area contributed by atoms with Gasteiger partial charge in [0, 0.05) is 14.2 Å². The third-order valence-corrected chi connectivity index (χ3v) is 7.42. The van der Waals surface area contributed by atoms with Crippen molar-refractivity contribution in [2.45, 2.75) is 26.2 Å². The highest BCUT2D eigenvalue weighted by molar-refractivity contribution is 6.77. The van der Waals surface area contributed by atoms with E-state index >= 15 is 0 Å². The fourth-order valence-corrected chi connectivity index (χ4v) is 2.97. The molecule has 1 aromatic rings. The predicted octanol–water partition coefficient (Wildman–Crippen LogP) is 4.49. The molecule has 0 aliphatic carbocycles. The summed E-state index contributed by atoms with van der Waals surface area (Å²) in [6, 6.07) is 8.41. The van der Waals surface area contributed by atoms with Gasteiger partial charge in [0.05, 0.1) is 0 Å². The minimum absolute atomic E-state index is 1.22. The molecule has 0 bridgehead atoms. The van der Waals surface area contributed by atoms with Gasteiger partial charge in [0.25, 0.3) is 0 Å². The molecule has 0 amide bonds. The van der Waals surface area contributed by atoms with Crippen molar-refractivity contribution in [3.63, 3.8) is 0 Å². The van der Waals surface area contributed by atoms with E-state index in [9.17, 15) is 0 Å². The van der Waals surface area contributed by atoms with Crippen LogP contribution in [0.4, 0.5) is 0 Å². The van der Waals surface area contributed by atoms with Gasteiger partial charge >= 0.3 is 0 Å². The van der Waals surface area contributed by atoms with Crippen LogP contribution in [0.2, 0.25) is 26.2 Å². The second-order valence-electron chi connectivity index (χ2n) is 5.91. The van der Waals surface area contributed by atoms with Crippen LogP contribution in [0.3, 0.4) is 0 Å². The Labute approximate surface area is 125 Å². The summed E-state index contributed by atoms with van der Waals surface area (Å²) >= 11 is 0. The van der Waals surface area contributed by atoms with Crippen LogP contribution >= 0.6 is 0 Å². The normalized spacial score (nSPS) is 13.5. The smallest absolute Gasteiger partial charge is 0.210 e. The predicted molar refractivity (Wildman–Crippen MR) is 93.5 cm³/mol. The highest BCUT2D eigenvalue weighted by Crippen LogP contribution is 2.17. The Hall–Kier alpha value is -0.946. The zero-order chi connectivity index (χ0) is 15.2. The van der Waals surface area contributed by atoms with Gasteiger partial charge in [0.15, 0.2) is 0 Å². The maximum atomic E-state index is 5.55. The van der Waals surface area contributed by atoms with E-state index < -0.39 is 16.6 Å². The Morgan fingerprint density at radius 3 is 1.40 bits per heavy atom. The van der Waals surface area contributed by atoms with Crippen molar-refractivity contribution in [3.8, 4) is 0 Å². The summed E-state index contributed by atoms with van der Waals surface area (Å²) in [4.78, 5) is 0. The molecule has 1 rings (SSSR count). The zero-order valence-electron chi connectivity index (χ0n) is 13.4. The van der Waals surface area contributed by atoms with Crippen LogP contribution in [-0.2, 0) is 8.85 Å². The van der Waals surface area contributed by atoms with E-state index in [0.717, 1.165) is 0 Å². The highest BCUT2D eigenvalue weighted by atomic mass is 28.4. The van der Waals surface area contributed by atoms with Crippen LogP contribution in [0.15, 0.2) is 35.7 Å². The van der Waals surface area contributed by atoms with E-state index in [2.05, 4.69) is 74.0 Å². The third kappa shape index (κ3) is 5.58. The van der Waals surface area contributed by atoms with E-state index in [1.165, 1.54) is 11.1 Å². The average molecular weight is 307 g/mol. The van der Waals surface area contributed by atoms with Gasteiger partial charge in [-0.3, -0.25) is 0 Å². The summed E-state index contributed by atoms with van der Waals surface area (Å²) in [5.41, 5.74) is 6.89. The lowest BCUT2D eigenvalue weighted by Crippen LogP contribution is -2.25. The molecule has 0 radical (unpaired) electrons. The van der Waals surface area contributed by atoms with Gasteiger partial charge in [0.1, 0.15) is 0 Å². The molecule has 0 aliphatic rings. The van der Waals surface area contributed by atoms with Gasteiger partial charge < -0.3 is 8.85 Å². The van der Waals surface area contributed by atoms with Crippen molar-refractivity contribution >= 4 is 28.8 Å². The molecule has 2 nitrogen and oxygen atoms in total. The Kier molecular flexibility index (Phi) is 6.14. The summed E-state index contributed by atoms with van der Waals surface area (Å²) < 4.78 is 11.1. The van der Waals surface area contributed by atoms with Gasteiger partial charge in [0.2, 0.25) is 16.6 Å². The molecule has 0 aliphatic heterocycles. The van der Waals surface area contributed by atoms with Crippen LogP contribution in [0.5, 0.6) is 0 Å². The highest BCUT2D eigenvalue weighted by Gasteiger charge is 2.16. The minimum Gasteiger partial charge on any atom is -0.417 e. The molecule has 0 heterocycles. The quantitative estimate of drug-likeness (QED) is 0.721. The van der Waals surface area contributed by atoms with Crippen LogP contribution in [-0.4, -0.2) is 30.9 Å². The second-order valence-corrected chi connectivity index (χ2v) is 13.8. The zero-order valence-corrected chi connectivity index (χ0v) is 15.4. The molecule has 0 spiro atoms. The molecule has 0 N–H and O–H groups in total. The van der Waals surface area contributed by atoms with Gasteiger partial charge in [-0.15, -0.1) is 0 Å². The first-order valence-corrected chi connectivity index (χ1v) is 12.8. The number of hydrogen-bond donors (Lipinski definition) is 0. The molecule has 0 aromatic heterocycles. The topological polar surface area (TPSA) is 18.5 Å². The summed E-state index contributed by atoms with van der Waals surface area (Å²) in [6.07, 6.45) is 4.35. The SMILES string of the molecule is CO[Si](C)(C)C=Cc1ccccc1C=C[Si](C)(C)OC. The molecule has 110 valence electrons. The molecular formula is C16H26O2Si2.